The van der Waals surface area contributed by atoms with Crippen molar-refractivity contribution in [3.05, 3.63) is 48.0 Å². The zero-order valence-electron chi connectivity index (χ0n) is 11.4. The van der Waals surface area contributed by atoms with Gasteiger partial charge in [-0.25, -0.2) is 9.97 Å². The van der Waals surface area contributed by atoms with E-state index in [0.717, 1.165) is 5.69 Å². The van der Waals surface area contributed by atoms with Crippen LogP contribution >= 0.6 is 0 Å². The van der Waals surface area contributed by atoms with Gasteiger partial charge in [-0.15, -0.1) is 0 Å². The highest BCUT2D eigenvalue weighted by Gasteiger charge is 2.14. The Hall–Kier alpha value is -2.28. The summed E-state index contributed by atoms with van der Waals surface area (Å²) in [5, 5.41) is 3.11. The zero-order valence-corrected chi connectivity index (χ0v) is 11.4. The van der Waals surface area contributed by atoms with E-state index < -0.39 is 6.61 Å². The maximum Gasteiger partial charge on any atom is 0.387 e. The first-order chi connectivity index (χ1) is 10.2. The summed E-state index contributed by atoms with van der Waals surface area (Å²) in [6, 6.07) is 6.77. The van der Waals surface area contributed by atoms with Crippen LogP contribution in [0.1, 0.15) is 11.3 Å². The highest BCUT2D eigenvalue weighted by atomic mass is 19.3. The van der Waals surface area contributed by atoms with Crippen molar-refractivity contribution < 1.29 is 18.3 Å². The van der Waals surface area contributed by atoms with E-state index in [9.17, 15) is 8.78 Å². The van der Waals surface area contributed by atoms with Crippen molar-refractivity contribution in [1.82, 2.24) is 15.3 Å². The largest absolute Gasteiger partial charge is 0.493 e. The summed E-state index contributed by atoms with van der Waals surface area (Å²) in [5.41, 5.74) is 1.40. The number of hydrogen-bond acceptors (Lipinski definition) is 5. The number of nitrogens with one attached hydrogen (secondary N) is 1. The van der Waals surface area contributed by atoms with Crippen LogP contribution in [0.15, 0.2) is 36.8 Å². The van der Waals surface area contributed by atoms with Crippen LogP contribution in [-0.2, 0) is 13.1 Å². The fourth-order valence-electron chi connectivity index (χ4n) is 1.83. The van der Waals surface area contributed by atoms with Gasteiger partial charge in [-0.05, 0) is 12.1 Å². The molecule has 0 radical (unpaired) electrons. The molecule has 0 saturated heterocycles. The molecule has 1 aromatic carbocycles. The summed E-state index contributed by atoms with van der Waals surface area (Å²) < 4.78 is 34.6. The minimum atomic E-state index is -2.90. The van der Waals surface area contributed by atoms with Crippen molar-refractivity contribution in [2.45, 2.75) is 19.7 Å². The van der Waals surface area contributed by atoms with Crippen molar-refractivity contribution in [1.29, 1.82) is 0 Å². The van der Waals surface area contributed by atoms with Crippen LogP contribution in [0.3, 0.4) is 0 Å². The molecule has 1 N–H and O–H groups in total. The number of para-hydroxylation sites is 1. The number of halogens is 2. The Morgan fingerprint density at radius 2 is 2.10 bits per heavy atom. The molecular weight excluding hydrogens is 280 g/mol. The van der Waals surface area contributed by atoms with Crippen LogP contribution in [-0.4, -0.2) is 23.7 Å². The lowest BCUT2D eigenvalue weighted by Crippen LogP contribution is -2.15. The number of alkyl halides is 2. The summed E-state index contributed by atoms with van der Waals surface area (Å²) in [5.74, 6) is 0.321. The van der Waals surface area contributed by atoms with Gasteiger partial charge in [-0.3, -0.25) is 0 Å². The van der Waals surface area contributed by atoms with Crippen molar-refractivity contribution in [2.75, 3.05) is 7.11 Å². The van der Waals surface area contributed by atoms with Crippen LogP contribution in [0.5, 0.6) is 11.5 Å². The lowest BCUT2D eigenvalue weighted by atomic mass is 10.2. The predicted octanol–water partition coefficient (Wildman–Crippen LogP) is 2.38. The number of benzene rings is 1. The second-order valence-electron chi connectivity index (χ2n) is 4.13. The van der Waals surface area contributed by atoms with E-state index in [-0.39, 0.29) is 11.5 Å². The topological polar surface area (TPSA) is 56.3 Å². The van der Waals surface area contributed by atoms with E-state index in [0.29, 0.717) is 18.7 Å². The van der Waals surface area contributed by atoms with Crippen molar-refractivity contribution in [3.8, 4) is 11.5 Å². The van der Waals surface area contributed by atoms with Gasteiger partial charge in [-0.1, -0.05) is 12.1 Å². The van der Waals surface area contributed by atoms with E-state index >= 15 is 0 Å². The number of methoxy groups -OCH3 is 1. The molecular formula is C14H15F2N3O2. The molecule has 21 heavy (non-hydrogen) atoms. The number of rotatable bonds is 7. The molecule has 0 aliphatic heterocycles. The molecule has 5 nitrogen and oxygen atoms in total. The van der Waals surface area contributed by atoms with E-state index in [1.165, 1.54) is 13.4 Å². The maximum absolute atomic E-state index is 12.5. The van der Waals surface area contributed by atoms with Gasteiger partial charge < -0.3 is 14.8 Å². The quantitative estimate of drug-likeness (QED) is 0.850. The third-order valence-electron chi connectivity index (χ3n) is 2.75. The van der Waals surface area contributed by atoms with Crippen LogP contribution in [0.25, 0.3) is 0 Å². The Morgan fingerprint density at radius 3 is 2.76 bits per heavy atom. The first kappa shape index (κ1) is 15.1. The zero-order chi connectivity index (χ0) is 15.1. The molecule has 1 heterocycles. The first-order valence-electron chi connectivity index (χ1n) is 6.27. The van der Waals surface area contributed by atoms with Crippen molar-refractivity contribution in [3.63, 3.8) is 0 Å². The Kier molecular flexibility index (Phi) is 5.39. The van der Waals surface area contributed by atoms with E-state index in [4.69, 9.17) is 4.74 Å². The van der Waals surface area contributed by atoms with E-state index in [1.807, 2.05) is 0 Å². The lowest BCUT2D eigenvalue weighted by molar-refractivity contribution is -0.0518. The predicted molar refractivity (Wildman–Crippen MR) is 72.2 cm³/mol. The molecule has 0 spiro atoms. The standard InChI is InChI=1S/C14H15F2N3O2/c1-20-12-4-2-3-10(13(12)21-14(15)16)7-18-8-11-5-6-17-9-19-11/h2-6,9,14,18H,7-8H2,1H3. The van der Waals surface area contributed by atoms with Crippen molar-refractivity contribution >= 4 is 0 Å². The average Bonchev–Trinajstić information content (AvgIpc) is 2.49. The summed E-state index contributed by atoms with van der Waals surface area (Å²) in [7, 11) is 1.41. The molecule has 0 saturated carbocycles. The number of nitrogens with zero attached hydrogens (tertiary/aromatic N) is 2. The minimum Gasteiger partial charge on any atom is -0.493 e. The van der Waals surface area contributed by atoms with Gasteiger partial charge in [0.1, 0.15) is 6.33 Å². The second-order valence-corrected chi connectivity index (χ2v) is 4.13. The Bertz CT molecular complexity index is 567. The minimum absolute atomic E-state index is 0.0465. The van der Waals surface area contributed by atoms with Gasteiger partial charge in [0, 0.05) is 24.8 Å². The molecule has 2 rings (SSSR count). The Balaban J connectivity index is 2.05. The van der Waals surface area contributed by atoms with Crippen LogP contribution in [0.2, 0.25) is 0 Å². The summed E-state index contributed by atoms with van der Waals surface area (Å²) in [6.45, 7) is -2.06. The maximum atomic E-state index is 12.5. The third kappa shape index (κ3) is 4.35. The highest BCUT2D eigenvalue weighted by molar-refractivity contribution is 5.46. The molecule has 0 amide bonds. The first-order valence-corrected chi connectivity index (χ1v) is 6.27. The van der Waals surface area contributed by atoms with Gasteiger partial charge in [0.25, 0.3) is 0 Å². The van der Waals surface area contributed by atoms with Crippen molar-refractivity contribution in [2.24, 2.45) is 0 Å². The van der Waals surface area contributed by atoms with Gasteiger partial charge in [0.15, 0.2) is 11.5 Å². The number of aromatic nitrogens is 2. The number of hydrogen-bond donors (Lipinski definition) is 1. The summed E-state index contributed by atoms with van der Waals surface area (Å²) >= 11 is 0. The normalized spacial score (nSPS) is 10.7. The molecule has 0 unspecified atom stereocenters. The fourth-order valence-corrected chi connectivity index (χ4v) is 1.83. The van der Waals surface area contributed by atoms with Gasteiger partial charge >= 0.3 is 6.61 Å². The van der Waals surface area contributed by atoms with E-state index in [1.54, 1.807) is 30.5 Å². The van der Waals surface area contributed by atoms with Crippen LogP contribution in [0, 0.1) is 0 Å². The number of ether oxygens (including phenoxy) is 2. The Labute approximate surface area is 120 Å². The third-order valence-corrected chi connectivity index (χ3v) is 2.75. The average molecular weight is 295 g/mol. The summed E-state index contributed by atoms with van der Waals surface area (Å²) in [4.78, 5) is 7.89. The van der Waals surface area contributed by atoms with Gasteiger partial charge in [-0.2, -0.15) is 8.78 Å². The molecule has 1 aromatic heterocycles. The van der Waals surface area contributed by atoms with Crippen LogP contribution < -0.4 is 14.8 Å². The Morgan fingerprint density at radius 1 is 1.24 bits per heavy atom. The molecule has 0 atom stereocenters. The molecule has 0 aliphatic carbocycles. The molecule has 112 valence electrons. The molecule has 0 bridgehead atoms. The summed E-state index contributed by atoms with van der Waals surface area (Å²) in [6.07, 6.45) is 3.09. The second kappa shape index (κ2) is 7.49. The molecule has 2 aromatic rings. The molecule has 0 aliphatic rings. The smallest absolute Gasteiger partial charge is 0.387 e. The van der Waals surface area contributed by atoms with Crippen LogP contribution in [0.4, 0.5) is 8.78 Å². The van der Waals surface area contributed by atoms with Gasteiger partial charge in [0.2, 0.25) is 0 Å². The lowest BCUT2D eigenvalue weighted by Gasteiger charge is -2.14. The SMILES string of the molecule is COc1cccc(CNCc2ccncn2)c1OC(F)F. The van der Waals surface area contributed by atoms with Gasteiger partial charge in [0.05, 0.1) is 12.8 Å². The van der Waals surface area contributed by atoms with E-state index in [2.05, 4.69) is 20.0 Å². The monoisotopic (exact) mass is 295 g/mol. The fraction of sp³-hybridized carbons (Fsp3) is 0.286. The molecule has 0 fully saturated rings. The molecule has 7 heteroatoms. The highest BCUT2D eigenvalue weighted by Crippen LogP contribution is 2.32.